The molecular formula is C17H20N2O. The molecule has 1 aromatic carbocycles. The molecule has 1 aliphatic carbocycles. The summed E-state index contributed by atoms with van der Waals surface area (Å²) < 4.78 is 0. The first-order chi connectivity index (χ1) is 9.83. The van der Waals surface area contributed by atoms with E-state index in [0.29, 0.717) is 6.04 Å². The number of hydrogen-bond donors (Lipinski definition) is 1. The van der Waals surface area contributed by atoms with Gasteiger partial charge in [0.15, 0.2) is 0 Å². The Hall–Kier alpha value is -1.77. The second-order valence-corrected chi connectivity index (χ2v) is 6.18. The van der Waals surface area contributed by atoms with E-state index in [9.17, 15) is 4.79 Å². The summed E-state index contributed by atoms with van der Waals surface area (Å²) in [6.07, 6.45) is 8.25. The fourth-order valence-corrected chi connectivity index (χ4v) is 4.00. The van der Waals surface area contributed by atoms with Gasteiger partial charge in [-0.05, 0) is 48.8 Å². The van der Waals surface area contributed by atoms with Gasteiger partial charge in [0, 0.05) is 29.9 Å². The number of nitrogens with one attached hydrogen (secondary N) is 1. The number of nitrogens with zero attached hydrogens (tertiary/aromatic N) is 1. The van der Waals surface area contributed by atoms with E-state index >= 15 is 0 Å². The first-order valence-electron chi connectivity index (χ1n) is 7.71. The summed E-state index contributed by atoms with van der Waals surface area (Å²) in [5.41, 5.74) is 1.88. The summed E-state index contributed by atoms with van der Waals surface area (Å²) in [4.78, 5) is 18.1. The van der Waals surface area contributed by atoms with Gasteiger partial charge in [0.1, 0.15) is 0 Å². The molecule has 104 valence electrons. The van der Waals surface area contributed by atoms with Crippen LogP contribution >= 0.6 is 0 Å². The molecule has 1 aromatic heterocycles. The lowest BCUT2D eigenvalue weighted by molar-refractivity contribution is 0.0690. The van der Waals surface area contributed by atoms with Crippen molar-refractivity contribution in [1.82, 2.24) is 9.88 Å². The van der Waals surface area contributed by atoms with Crippen LogP contribution in [0.5, 0.6) is 0 Å². The number of carbonyl (C=O) groups is 1. The molecule has 2 atom stereocenters. The van der Waals surface area contributed by atoms with Crippen LogP contribution in [0, 0.1) is 5.92 Å². The van der Waals surface area contributed by atoms with Crippen molar-refractivity contribution in [3.05, 3.63) is 36.0 Å². The molecule has 1 aliphatic heterocycles. The summed E-state index contributed by atoms with van der Waals surface area (Å²) in [5.74, 6) is 0.970. The van der Waals surface area contributed by atoms with E-state index in [0.717, 1.165) is 23.5 Å². The van der Waals surface area contributed by atoms with E-state index in [2.05, 4.69) is 9.88 Å². The van der Waals surface area contributed by atoms with Gasteiger partial charge in [-0.1, -0.05) is 18.9 Å². The maximum Gasteiger partial charge on any atom is 0.254 e. The molecule has 2 heterocycles. The second-order valence-electron chi connectivity index (χ2n) is 6.18. The molecule has 3 nitrogen and oxygen atoms in total. The van der Waals surface area contributed by atoms with Gasteiger partial charge < -0.3 is 9.88 Å². The van der Waals surface area contributed by atoms with Crippen LogP contribution in [0.3, 0.4) is 0 Å². The van der Waals surface area contributed by atoms with Crippen LogP contribution in [-0.2, 0) is 0 Å². The highest BCUT2D eigenvalue weighted by atomic mass is 16.2. The van der Waals surface area contributed by atoms with Crippen LogP contribution in [0.25, 0.3) is 10.9 Å². The Balaban J connectivity index is 1.62. The minimum absolute atomic E-state index is 0.218. The molecule has 1 N–H and O–H groups in total. The van der Waals surface area contributed by atoms with Crippen molar-refractivity contribution in [3.63, 3.8) is 0 Å². The van der Waals surface area contributed by atoms with Crippen molar-refractivity contribution in [2.75, 3.05) is 6.54 Å². The van der Waals surface area contributed by atoms with Crippen molar-refractivity contribution in [2.24, 2.45) is 5.92 Å². The van der Waals surface area contributed by atoms with Crippen molar-refractivity contribution in [3.8, 4) is 0 Å². The molecule has 1 saturated carbocycles. The van der Waals surface area contributed by atoms with Crippen molar-refractivity contribution >= 4 is 16.8 Å². The molecule has 2 unspecified atom stereocenters. The molecule has 1 saturated heterocycles. The normalized spacial score (nSPS) is 25.9. The number of amides is 1. The summed E-state index contributed by atoms with van der Waals surface area (Å²) >= 11 is 0. The van der Waals surface area contributed by atoms with E-state index in [4.69, 9.17) is 0 Å². The Bertz CT molecular complexity index is 645. The molecule has 3 heteroatoms. The quantitative estimate of drug-likeness (QED) is 0.843. The van der Waals surface area contributed by atoms with E-state index in [1.54, 1.807) is 0 Å². The highest BCUT2D eigenvalue weighted by molar-refractivity contribution is 5.98. The minimum Gasteiger partial charge on any atom is -0.361 e. The van der Waals surface area contributed by atoms with Gasteiger partial charge in [-0.3, -0.25) is 4.79 Å². The Morgan fingerprint density at radius 3 is 3.00 bits per heavy atom. The Kier molecular flexibility index (Phi) is 2.79. The van der Waals surface area contributed by atoms with Gasteiger partial charge in [-0.15, -0.1) is 0 Å². The number of aromatic amines is 1. The van der Waals surface area contributed by atoms with Crippen LogP contribution in [0.4, 0.5) is 0 Å². The summed E-state index contributed by atoms with van der Waals surface area (Å²) in [5, 5.41) is 1.17. The lowest BCUT2D eigenvalue weighted by Gasteiger charge is -2.31. The lowest BCUT2D eigenvalue weighted by atomic mass is 9.85. The van der Waals surface area contributed by atoms with E-state index in [1.807, 2.05) is 30.5 Å². The van der Waals surface area contributed by atoms with Crippen molar-refractivity contribution in [2.45, 2.75) is 38.1 Å². The SMILES string of the molecule is O=C(c1ccc2cc[nH]c2c1)N1CCC2CCCCC21. The number of hydrogen-bond acceptors (Lipinski definition) is 1. The zero-order valence-corrected chi connectivity index (χ0v) is 11.6. The van der Waals surface area contributed by atoms with Gasteiger partial charge >= 0.3 is 0 Å². The lowest BCUT2D eigenvalue weighted by Crippen LogP contribution is -2.39. The largest absolute Gasteiger partial charge is 0.361 e. The fourth-order valence-electron chi connectivity index (χ4n) is 4.00. The number of fused-ring (bicyclic) bond motifs is 2. The monoisotopic (exact) mass is 268 g/mol. The zero-order chi connectivity index (χ0) is 13.5. The summed E-state index contributed by atoms with van der Waals surface area (Å²) in [7, 11) is 0. The molecule has 4 rings (SSSR count). The zero-order valence-electron chi connectivity index (χ0n) is 11.6. The smallest absolute Gasteiger partial charge is 0.254 e. The Morgan fingerprint density at radius 2 is 2.05 bits per heavy atom. The Labute approximate surface area is 119 Å². The van der Waals surface area contributed by atoms with Crippen molar-refractivity contribution in [1.29, 1.82) is 0 Å². The van der Waals surface area contributed by atoms with Gasteiger partial charge in [0.05, 0.1) is 0 Å². The molecule has 0 bridgehead atoms. The third-order valence-electron chi connectivity index (χ3n) is 5.07. The molecule has 20 heavy (non-hydrogen) atoms. The topological polar surface area (TPSA) is 36.1 Å². The minimum atomic E-state index is 0.218. The predicted octanol–water partition coefficient (Wildman–Crippen LogP) is 3.57. The van der Waals surface area contributed by atoms with Gasteiger partial charge in [0.2, 0.25) is 0 Å². The molecule has 0 radical (unpaired) electrons. The van der Waals surface area contributed by atoms with Crippen LogP contribution in [0.15, 0.2) is 30.5 Å². The number of likely N-dealkylation sites (tertiary alicyclic amines) is 1. The first-order valence-corrected chi connectivity index (χ1v) is 7.71. The van der Waals surface area contributed by atoms with Crippen LogP contribution in [0.1, 0.15) is 42.5 Å². The number of aromatic nitrogens is 1. The number of benzene rings is 1. The fraction of sp³-hybridized carbons (Fsp3) is 0.471. The highest BCUT2D eigenvalue weighted by Gasteiger charge is 2.38. The Morgan fingerprint density at radius 1 is 1.15 bits per heavy atom. The third kappa shape index (κ3) is 1.84. The number of H-pyrrole nitrogens is 1. The molecule has 0 spiro atoms. The standard InChI is InChI=1S/C17H20N2O/c20-17(14-6-5-12-7-9-18-15(12)11-14)19-10-8-13-3-1-2-4-16(13)19/h5-7,9,11,13,16,18H,1-4,8,10H2. The van der Waals surface area contributed by atoms with Crippen molar-refractivity contribution < 1.29 is 4.79 Å². The maximum absolute atomic E-state index is 12.8. The van der Waals surface area contributed by atoms with Gasteiger partial charge in [0.25, 0.3) is 5.91 Å². The molecule has 1 amide bonds. The van der Waals surface area contributed by atoms with Gasteiger partial charge in [-0.25, -0.2) is 0 Å². The number of carbonyl (C=O) groups excluding carboxylic acids is 1. The van der Waals surface area contributed by atoms with Gasteiger partial charge in [-0.2, -0.15) is 0 Å². The summed E-state index contributed by atoms with van der Waals surface area (Å²) in [6.45, 7) is 0.941. The van der Waals surface area contributed by atoms with E-state index < -0.39 is 0 Å². The van der Waals surface area contributed by atoms with E-state index in [-0.39, 0.29) is 5.91 Å². The molecule has 2 fully saturated rings. The molecular weight excluding hydrogens is 248 g/mol. The predicted molar refractivity (Wildman–Crippen MR) is 79.7 cm³/mol. The maximum atomic E-state index is 12.8. The third-order valence-corrected chi connectivity index (χ3v) is 5.07. The summed E-state index contributed by atoms with van der Waals surface area (Å²) in [6, 6.07) is 8.53. The van der Waals surface area contributed by atoms with E-state index in [1.165, 1.54) is 37.5 Å². The van der Waals surface area contributed by atoms with Crippen LogP contribution in [0.2, 0.25) is 0 Å². The van der Waals surface area contributed by atoms with Crippen LogP contribution in [-0.4, -0.2) is 28.4 Å². The molecule has 2 aliphatic rings. The van der Waals surface area contributed by atoms with Crippen LogP contribution < -0.4 is 0 Å². The highest BCUT2D eigenvalue weighted by Crippen LogP contribution is 2.36. The average molecular weight is 268 g/mol. The second kappa shape index (κ2) is 4.65. The number of rotatable bonds is 1. The average Bonchev–Trinajstić information content (AvgIpc) is 3.12. The molecule has 2 aromatic rings. The first kappa shape index (κ1) is 12.0.